The van der Waals surface area contributed by atoms with Gasteiger partial charge in [0.1, 0.15) is 5.82 Å². The lowest BCUT2D eigenvalue weighted by Gasteiger charge is -2.17. The van der Waals surface area contributed by atoms with Gasteiger partial charge < -0.3 is 10.6 Å². The van der Waals surface area contributed by atoms with E-state index in [2.05, 4.69) is 33.5 Å². The summed E-state index contributed by atoms with van der Waals surface area (Å²) in [4.78, 5) is 18.8. The van der Waals surface area contributed by atoms with Gasteiger partial charge in [-0.2, -0.15) is 0 Å². The second-order valence-corrected chi connectivity index (χ2v) is 6.85. The number of aryl methyl sites for hydroxylation is 2. The molecule has 2 N–H and O–H groups in total. The maximum atomic E-state index is 12.3. The third kappa shape index (κ3) is 5.03. The standard InChI is InChI=1S/C20H26N4O/c1-15-6-7-18(16(2)11-15)23-20(25)14-24-10-8-17(13-24)12-22-19-5-3-4-9-21-19/h3-7,9,11,17H,8,10,12-14H2,1-2H3,(H,21,22)(H,23,25)/t17-/m1/s1. The Bertz CT molecular complexity index is 717. The molecule has 1 aromatic heterocycles. The largest absolute Gasteiger partial charge is 0.370 e. The summed E-state index contributed by atoms with van der Waals surface area (Å²) in [7, 11) is 0. The Kier molecular flexibility index (Phi) is 5.66. The molecule has 1 aliphatic heterocycles. The fraction of sp³-hybridized carbons (Fsp3) is 0.400. The number of hydrogen-bond donors (Lipinski definition) is 2. The van der Waals surface area contributed by atoms with E-state index in [9.17, 15) is 4.79 Å². The second-order valence-electron chi connectivity index (χ2n) is 6.85. The molecule has 1 aliphatic rings. The Hall–Kier alpha value is -2.40. The van der Waals surface area contributed by atoms with E-state index >= 15 is 0 Å². The first kappa shape index (κ1) is 17.4. The zero-order valence-corrected chi connectivity index (χ0v) is 15.0. The second kappa shape index (κ2) is 8.12. The molecule has 5 heteroatoms. The zero-order chi connectivity index (χ0) is 17.6. The van der Waals surface area contributed by atoms with E-state index in [-0.39, 0.29) is 5.91 Å². The number of amides is 1. The topological polar surface area (TPSA) is 57.3 Å². The van der Waals surface area contributed by atoms with E-state index in [0.29, 0.717) is 12.5 Å². The summed E-state index contributed by atoms with van der Waals surface area (Å²) in [5.41, 5.74) is 3.22. The predicted octanol–water partition coefficient (Wildman–Crippen LogP) is 3.07. The quantitative estimate of drug-likeness (QED) is 0.850. The average Bonchev–Trinajstić information content (AvgIpc) is 3.04. The average molecular weight is 338 g/mol. The minimum absolute atomic E-state index is 0.0605. The lowest BCUT2D eigenvalue weighted by molar-refractivity contribution is -0.117. The SMILES string of the molecule is Cc1ccc(NC(=O)CN2CC[C@H](CNc3ccccn3)C2)c(C)c1. The van der Waals surface area contributed by atoms with Crippen molar-refractivity contribution in [1.29, 1.82) is 0 Å². The van der Waals surface area contributed by atoms with E-state index in [4.69, 9.17) is 0 Å². The maximum absolute atomic E-state index is 12.3. The molecule has 2 aromatic rings. The minimum atomic E-state index is 0.0605. The fourth-order valence-electron chi connectivity index (χ4n) is 3.29. The monoisotopic (exact) mass is 338 g/mol. The number of carbonyl (C=O) groups is 1. The van der Waals surface area contributed by atoms with Gasteiger partial charge >= 0.3 is 0 Å². The summed E-state index contributed by atoms with van der Waals surface area (Å²) in [6, 6.07) is 12.0. The van der Waals surface area contributed by atoms with Crippen LogP contribution in [0.2, 0.25) is 0 Å². The lowest BCUT2D eigenvalue weighted by Crippen LogP contribution is -2.32. The van der Waals surface area contributed by atoms with Crippen LogP contribution in [-0.2, 0) is 4.79 Å². The smallest absolute Gasteiger partial charge is 0.238 e. The minimum Gasteiger partial charge on any atom is -0.370 e. The molecule has 0 radical (unpaired) electrons. The van der Waals surface area contributed by atoms with E-state index < -0.39 is 0 Å². The highest BCUT2D eigenvalue weighted by Gasteiger charge is 2.24. The molecule has 0 unspecified atom stereocenters. The Morgan fingerprint density at radius 1 is 1.28 bits per heavy atom. The van der Waals surface area contributed by atoms with Crippen molar-refractivity contribution in [3.8, 4) is 0 Å². The van der Waals surface area contributed by atoms with Gasteiger partial charge in [0, 0.05) is 25.0 Å². The van der Waals surface area contributed by atoms with Gasteiger partial charge in [0.05, 0.1) is 6.54 Å². The van der Waals surface area contributed by atoms with Crippen molar-refractivity contribution in [1.82, 2.24) is 9.88 Å². The third-order valence-electron chi connectivity index (χ3n) is 4.63. The molecule has 1 atom stereocenters. The van der Waals surface area contributed by atoms with E-state index in [1.807, 2.05) is 37.3 Å². The van der Waals surface area contributed by atoms with Crippen LogP contribution >= 0.6 is 0 Å². The molecule has 1 aromatic carbocycles. The summed E-state index contributed by atoms with van der Waals surface area (Å²) in [6.07, 6.45) is 2.90. The molecule has 0 spiro atoms. The van der Waals surface area contributed by atoms with Gasteiger partial charge in [-0.25, -0.2) is 4.98 Å². The maximum Gasteiger partial charge on any atom is 0.238 e. The number of hydrogen-bond acceptors (Lipinski definition) is 4. The van der Waals surface area contributed by atoms with Crippen molar-refractivity contribution in [2.75, 3.05) is 36.8 Å². The number of aromatic nitrogens is 1. The van der Waals surface area contributed by atoms with Crippen molar-refractivity contribution >= 4 is 17.4 Å². The van der Waals surface area contributed by atoms with Crippen LogP contribution in [0.4, 0.5) is 11.5 Å². The summed E-state index contributed by atoms with van der Waals surface area (Å²) < 4.78 is 0. The summed E-state index contributed by atoms with van der Waals surface area (Å²) in [6.45, 7) is 7.34. The number of likely N-dealkylation sites (tertiary alicyclic amines) is 1. The van der Waals surface area contributed by atoms with Crippen LogP contribution in [0, 0.1) is 19.8 Å². The van der Waals surface area contributed by atoms with Crippen molar-refractivity contribution in [3.63, 3.8) is 0 Å². The third-order valence-corrected chi connectivity index (χ3v) is 4.63. The van der Waals surface area contributed by atoms with E-state index in [1.54, 1.807) is 6.20 Å². The van der Waals surface area contributed by atoms with Crippen molar-refractivity contribution in [2.45, 2.75) is 20.3 Å². The zero-order valence-electron chi connectivity index (χ0n) is 15.0. The molecular formula is C20H26N4O. The number of benzene rings is 1. The van der Waals surface area contributed by atoms with Crippen LogP contribution in [0.15, 0.2) is 42.6 Å². The van der Waals surface area contributed by atoms with E-state index in [0.717, 1.165) is 43.1 Å². The number of carbonyl (C=O) groups excluding carboxylic acids is 1. The highest BCUT2D eigenvalue weighted by molar-refractivity contribution is 5.93. The molecule has 1 amide bonds. The van der Waals surface area contributed by atoms with Gasteiger partial charge in [-0.1, -0.05) is 23.8 Å². The van der Waals surface area contributed by atoms with Crippen LogP contribution in [0.1, 0.15) is 17.5 Å². The van der Waals surface area contributed by atoms with Crippen LogP contribution in [0.25, 0.3) is 0 Å². The predicted molar refractivity (Wildman–Crippen MR) is 102 cm³/mol. The number of rotatable bonds is 6. The van der Waals surface area contributed by atoms with Crippen molar-refractivity contribution in [2.24, 2.45) is 5.92 Å². The number of nitrogens with one attached hydrogen (secondary N) is 2. The Labute approximate surface area is 149 Å². The molecule has 2 heterocycles. The molecule has 25 heavy (non-hydrogen) atoms. The van der Waals surface area contributed by atoms with Crippen LogP contribution in [-0.4, -0.2) is 42.0 Å². The van der Waals surface area contributed by atoms with Crippen LogP contribution < -0.4 is 10.6 Å². The lowest BCUT2D eigenvalue weighted by atomic mass is 10.1. The highest BCUT2D eigenvalue weighted by atomic mass is 16.2. The number of anilines is 2. The van der Waals surface area contributed by atoms with Crippen molar-refractivity contribution < 1.29 is 4.79 Å². The normalized spacial score (nSPS) is 17.4. The molecule has 3 rings (SSSR count). The Morgan fingerprint density at radius 3 is 2.92 bits per heavy atom. The highest BCUT2D eigenvalue weighted by Crippen LogP contribution is 2.18. The van der Waals surface area contributed by atoms with Crippen molar-refractivity contribution in [3.05, 3.63) is 53.7 Å². The summed E-state index contributed by atoms with van der Waals surface area (Å²) >= 11 is 0. The van der Waals surface area contributed by atoms with Gasteiger partial charge in [0.25, 0.3) is 0 Å². The first-order valence-corrected chi connectivity index (χ1v) is 8.84. The molecular weight excluding hydrogens is 312 g/mol. The summed E-state index contributed by atoms with van der Waals surface area (Å²) in [5, 5.41) is 6.41. The van der Waals surface area contributed by atoms with Gasteiger partial charge in [-0.15, -0.1) is 0 Å². The van der Waals surface area contributed by atoms with E-state index in [1.165, 1.54) is 5.56 Å². The Balaban J connectivity index is 1.43. The van der Waals surface area contributed by atoms with Gasteiger partial charge in [0.15, 0.2) is 0 Å². The molecule has 5 nitrogen and oxygen atoms in total. The molecule has 1 fully saturated rings. The molecule has 1 saturated heterocycles. The molecule has 0 saturated carbocycles. The molecule has 0 aliphatic carbocycles. The Morgan fingerprint density at radius 2 is 2.16 bits per heavy atom. The van der Waals surface area contributed by atoms with Gasteiger partial charge in [0.2, 0.25) is 5.91 Å². The summed E-state index contributed by atoms with van der Waals surface area (Å²) in [5.74, 6) is 1.52. The molecule has 132 valence electrons. The first-order valence-electron chi connectivity index (χ1n) is 8.84. The molecule has 0 bridgehead atoms. The van der Waals surface area contributed by atoms with Gasteiger partial charge in [-0.3, -0.25) is 9.69 Å². The number of pyridine rings is 1. The van der Waals surface area contributed by atoms with Crippen LogP contribution in [0.3, 0.4) is 0 Å². The fourth-order valence-corrected chi connectivity index (χ4v) is 3.29. The van der Waals surface area contributed by atoms with Crippen LogP contribution in [0.5, 0.6) is 0 Å². The number of nitrogens with zero attached hydrogens (tertiary/aromatic N) is 2. The first-order chi connectivity index (χ1) is 12.1. The van der Waals surface area contributed by atoms with Gasteiger partial charge in [-0.05, 0) is 56.5 Å².